The number of ether oxygens (including phenoxy) is 1. The van der Waals surface area contributed by atoms with Crippen LogP contribution >= 0.6 is 0 Å². The van der Waals surface area contributed by atoms with Crippen LogP contribution in [0.25, 0.3) is 0 Å². The first-order valence-corrected chi connectivity index (χ1v) is 4.95. The summed E-state index contributed by atoms with van der Waals surface area (Å²) in [5.74, 6) is 0.830. The van der Waals surface area contributed by atoms with E-state index >= 15 is 0 Å². The number of aryl methyl sites for hydroxylation is 1. The fraction of sp³-hybridized carbons (Fsp3) is 0.600. The lowest BCUT2D eigenvalue weighted by Crippen LogP contribution is -2.68. The second-order valence-electron chi connectivity index (χ2n) is 4.20. The Bertz CT molecular complexity index is 337. The molecule has 3 rings (SSSR count). The predicted octanol–water partition coefficient (Wildman–Crippen LogP) is 0.764. The van der Waals surface area contributed by atoms with E-state index in [0.29, 0.717) is 0 Å². The summed E-state index contributed by atoms with van der Waals surface area (Å²) < 4.78 is 5.53. The zero-order valence-electron chi connectivity index (χ0n) is 8.23. The molecule has 0 aliphatic carbocycles. The third-order valence-corrected chi connectivity index (χ3v) is 2.97. The molecule has 0 unspecified atom stereocenters. The van der Waals surface area contributed by atoms with Crippen LogP contribution in [0, 0.1) is 6.92 Å². The standard InChI is InChI=1S/C10H13N3O/c1-8-4-11-9(12-5-8)13-6-10(7-13)2-3-14-10/h4-5H,2-3,6-7H2,1H3. The Morgan fingerprint density at radius 1 is 1.36 bits per heavy atom. The van der Waals surface area contributed by atoms with Crippen LogP contribution in [0.15, 0.2) is 12.4 Å². The van der Waals surface area contributed by atoms with Gasteiger partial charge in [-0.15, -0.1) is 0 Å². The van der Waals surface area contributed by atoms with Gasteiger partial charge in [0.15, 0.2) is 0 Å². The van der Waals surface area contributed by atoms with Crippen molar-refractivity contribution in [2.45, 2.75) is 18.9 Å². The molecule has 2 aliphatic heterocycles. The van der Waals surface area contributed by atoms with Gasteiger partial charge in [0.1, 0.15) is 5.60 Å². The minimum absolute atomic E-state index is 0.161. The van der Waals surface area contributed by atoms with E-state index in [0.717, 1.165) is 31.2 Å². The molecule has 0 radical (unpaired) electrons. The Labute approximate surface area is 82.9 Å². The van der Waals surface area contributed by atoms with Crippen LogP contribution in [0.2, 0.25) is 0 Å². The van der Waals surface area contributed by atoms with Crippen molar-refractivity contribution < 1.29 is 4.74 Å². The normalized spacial score (nSPS) is 23.1. The largest absolute Gasteiger partial charge is 0.371 e. The van der Waals surface area contributed by atoms with E-state index in [4.69, 9.17) is 4.74 Å². The second kappa shape index (κ2) is 2.67. The fourth-order valence-corrected chi connectivity index (χ4v) is 1.98. The summed E-state index contributed by atoms with van der Waals surface area (Å²) in [6, 6.07) is 0. The quantitative estimate of drug-likeness (QED) is 0.657. The molecule has 0 bridgehead atoms. The van der Waals surface area contributed by atoms with Gasteiger partial charge in [-0.25, -0.2) is 9.97 Å². The average Bonchev–Trinajstić information content (AvgIpc) is 2.03. The lowest BCUT2D eigenvalue weighted by atomic mass is 9.87. The summed E-state index contributed by atoms with van der Waals surface area (Å²) in [5.41, 5.74) is 1.26. The number of nitrogens with zero attached hydrogens (tertiary/aromatic N) is 3. The van der Waals surface area contributed by atoms with Gasteiger partial charge in [0.2, 0.25) is 5.95 Å². The maximum absolute atomic E-state index is 5.53. The second-order valence-corrected chi connectivity index (χ2v) is 4.20. The summed E-state index contributed by atoms with van der Waals surface area (Å²) in [4.78, 5) is 10.7. The highest BCUT2D eigenvalue weighted by Gasteiger charge is 2.49. The van der Waals surface area contributed by atoms with Gasteiger partial charge >= 0.3 is 0 Å². The molecule has 1 spiro atoms. The van der Waals surface area contributed by atoms with Crippen LogP contribution in [-0.4, -0.2) is 35.3 Å². The smallest absolute Gasteiger partial charge is 0.225 e. The van der Waals surface area contributed by atoms with E-state index < -0.39 is 0 Å². The minimum atomic E-state index is 0.161. The number of hydrogen-bond acceptors (Lipinski definition) is 4. The number of rotatable bonds is 1. The molecule has 1 aromatic heterocycles. The Morgan fingerprint density at radius 3 is 2.50 bits per heavy atom. The maximum Gasteiger partial charge on any atom is 0.225 e. The molecule has 0 atom stereocenters. The molecule has 4 heteroatoms. The lowest BCUT2D eigenvalue weighted by molar-refractivity contribution is -0.161. The first-order chi connectivity index (χ1) is 6.77. The summed E-state index contributed by atoms with van der Waals surface area (Å²) in [7, 11) is 0. The first-order valence-electron chi connectivity index (χ1n) is 4.95. The van der Waals surface area contributed by atoms with Gasteiger partial charge in [-0.2, -0.15) is 0 Å². The third kappa shape index (κ3) is 1.10. The lowest BCUT2D eigenvalue weighted by Gasteiger charge is -2.54. The Kier molecular flexibility index (Phi) is 1.56. The molecule has 0 saturated carbocycles. The molecule has 4 nitrogen and oxygen atoms in total. The van der Waals surface area contributed by atoms with E-state index in [-0.39, 0.29) is 5.60 Å². The van der Waals surface area contributed by atoms with Crippen LogP contribution in [0.4, 0.5) is 5.95 Å². The Balaban J connectivity index is 1.70. The van der Waals surface area contributed by atoms with Crippen LogP contribution in [0.5, 0.6) is 0 Å². The van der Waals surface area contributed by atoms with Crippen LogP contribution in [0.3, 0.4) is 0 Å². The van der Waals surface area contributed by atoms with Gasteiger partial charge < -0.3 is 9.64 Å². The van der Waals surface area contributed by atoms with Crippen molar-refractivity contribution in [3.8, 4) is 0 Å². The summed E-state index contributed by atoms with van der Waals surface area (Å²) in [6.07, 6.45) is 4.90. The van der Waals surface area contributed by atoms with Gasteiger partial charge in [0.05, 0.1) is 19.7 Å². The highest BCUT2D eigenvalue weighted by Crippen LogP contribution is 2.37. The van der Waals surface area contributed by atoms with Crippen molar-refractivity contribution in [3.63, 3.8) is 0 Å². The average molecular weight is 191 g/mol. The number of hydrogen-bond donors (Lipinski definition) is 0. The molecule has 14 heavy (non-hydrogen) atoms. The van der Waals surface area contributed by atoms with Crippen LogP contribution in [-0.2, 0) is 4.74 Å². The zero-order valence-corrected chi connectivity index (χ0v) is 8.23. The van der Waals surface area contributed by atoms with Crippen LogP contribution in [0.1, 0.15) is 12.0 Å². The van der Waals surface area contributed by atoms with E-state index in [1.54, 1.807) is 0 Å². The molecule has 74 valence electrons. The Morgan fingerprint density at radius 2 is 2.00 bits per heavy atom. The monoisotopic (exact) mass is 191 g/mol. The van der Waals surface area contributed by atoms with Crippen LogP contribution < -0.4 is 4.90 Å². The van der Waals surface area contributed by atoms with Crippen molar-refractivity contribution in [1.82, 2.24) is 9.97 Å². The molecule has 0 N–H and O–H groups in total. The van der Waals surface area contributed by atoms with Crippen molar-refractivity contribution >= 4 is 5.95 Å². The van der Waals surface area contributed by atoms with E-state index in [2.05, 4.69) is 14.9 Å². The topological polar surface area (TPSA) is 38.2 Å². The molecule has 2 fully saturated rings. The van der Waals surface area contributed by atoms with Crippen molar-refractivity contribution in [2.24, 2.45) is 0 Å². The fourth-order valence-electron chi connectivity index (χ4n) is 1.98. The predicted molar refractivity (Wildman–Crippen MR) is 52.3 cm³/mol. The molecule has 1 aromatic rings. The minimum Gasteiger partial charge on any atom is -0.371 e. The molecule has 0 aromatic carbocycles. The van der Waals surface area contributed by atoms with Gasteiger partial charge in [-0.05, 0) is 12.5 Å². The van der Waals surface area contributed by atoms with Gasteiger partial charge in [0.25, 0.3) is 0 Å². The van der Waals surface area contributed by atoms with Crippen molar-refractivity contribution in [1.29, 1.82) is 0 Å². The molecular weight excluding hydrogens is 178 g/mol. The van der Waals surface area contributed by atoms with Gasteiger partial charge in [-0.3, -0.25) is 0 Å². The molecule has 2 saturated heterocycles. The summed E-state index contributed by atoms with van der Waals surface area (Å²) >= 11 is 0. The van der Waals surface area contributed by atoms with Gasteiger partial charge in [-0.1, -0.05) is 0 Å². The van der Waals surface area contributed by atoms with Gasteiger partial charge in [0, 0.05) is 18.8 Å². The zero-order chi connectivity index (χ0) is 9.60. The third-order valence-electron chi connectivity index (χ3n) is 2.97. The Hall–Kier alpha value is -1.16. The van der Waals surface area contributed by atoms with Crippen molar-refractivity contribution in [3.05, 3.63) is 18.0 Å². The maximum atomic E-state index is 5.53. The molecule has 0 amide bonds. The number of anilines is 1. The van der Waals surface area contributed by atoms with E-state index in [9.17, 15) is 0 Å². The molecule has 3 heterocycles. The number of aromatic nitrogens is 2. The SMILES string of the molecule is Cc1cnc(N2CC3(CCO3)C2)nc1. The van der Waals surface area contributed by atoms with E-state index in [1.807, 2.05) is 19.3 Å². The first kappa shape index (κ1) is 8.17. The molecule has 2 aliphatic rings. The van der Waals surface area contributed by atoms with E-state index in [1.165, 1.54) is 6.42 Å². The summed E-state index contributed by atoms with van der Waals surface area (Å²) in [6.45, 7) is 4.82. The summed E-state index contributed by atoms with van der Waals surface area (Å²) in [5, 5.41) is 0. The molecular formula is C10H13N3O. The highest BCUT2D eigenvalue weighted by molar-refractivity contribution is 5.38. The van der Waals surface area contributed by atoms with Crippen molar-refractivity contribution in [2.75, 3.05) is 24.6 Å². The highest BCUT2D eigenvalue weighted by atomic mass is 16.5.